The van der Waals surface area contributed by atoms with Crippen LogP contribution in [0.25, 0.3) is 0 Å². The van der Waals surface area contributed by atoms with Crippen LogP contribution in [0.1, 0.15) is 49.4 Å². The highest BCUT2D eigenvalue weighted by Crippen LogP contribution is 2.13. The molecule has 7 N–H and O–H groups in total. The molecular formula is C24H37N7O4. The Hall–Kier alpha value is -2.86. The average molecular weight is 488 g/mol. The number of anilines is 1. The number of nitrogens with zero attached hydrogens (tertiary/aromatic N) is 3. The molecule has 4 amide bonds. The Balaban J connectivity index is 1.42. The van der Waals surface area contributed by atoms with Gasteiger partial charge in [-0.15, -0.1) is 0 Å². The summed E-state index contributed by atoms with van der Waals surface area (Å²) in [5.41, 5.74) is 11.0. The molecule has 0 bridgehead atoms. The molecule has 3 rings (SSSR count). The molecule has 0 aromatic heterocycles. The van der Waals surface area contributed by atoms with E-state index in [2.05, 4.69) is 20.5 Å². The first-order valence-corrected chi connectivity index (χ1v) is 12.1. The number of aliphatic imine (C=N–C) groups is 1. The zero-order valence-electron chi connectivity index (χ0n) is 20.3. The van der Waals surface area contributed by atoms with Crippen LogP contribution in [0.5, 0.6) is 0 Å². The van der Waals surface area contributed by atoms with Gasteiger partial charge in [-0.2, -0.15) is 4.99 Å². The molecule has 11 nitrogen and oxygen atoms in total. The number of nitrogens with one attached hydrogen (secondary N) is 2. The van der Waals surface area contributed by atoms with Gasteiger partial charge in [0.25, 0.3) is 5.91 Å². The van der Waals surface area contributed by atoms with Crippen LogP contribution in [-0.4, -0.2) is 89.5 Å². The lowest BCUT2D eigenvalue weighted by Crippen LogP contribution is -2.51. The number of amides is 4. The van der Waals surface area contributed by atoms with Crippen LogP contribution in [-0.2, 0) is 4.79 Å². The smallest absolute Gasteiger partial charge is 0.345 e. The molecule has 11 heteroatoms. The molecule has 1 unspecified atom stereocenters. The second-order valence-electron chi connectivity index (χ2n) is 9.53. The summed E-state index contributed by atoms with van der Waals surface area (Å²) >= 11 is 0. The lowest BCUT2D eigenvalue weighted by Gasteiger charge is -2.30. The van der Waals surface area contributed by atoms with Crippen molar-refractivity contribution in [3.05, 3.63) is 29.8 Å². The van der Waals surface area contributed by atoms with Crippen molar-refractivity contribution in [2.24, 2.45) is 16.5 Å². The van der Waals surface area contributed by atoms with E-state index in [1.165, 1.54) is 6.92 Å². The van der Waals surface area contributed by atoms with Gasteiger partial charge >= 0.3 is 6.03 Å². The Morgan fingerprint density at radius 1 is 1.11 bits per heavy atom. The number of nitrogens with two attached hydrogens (primary N) is 2. The molecule has 1 atom stereocenters. The summed E-state index contributed by atoms with van der Waals surface area (Å²) in [5.74, 6) is -0.573. The standard InChI is InChI=1S/C24H37N7O4/c1-24(26,16-32)22(34)27-19-6-4-17(5-7-19)21(33)28-20-10-15-31(23(35)29-20)12-3-2-11-30-13-8-18(25)9-14-30/h4-7,18,32H,2-3,8-16,25-26H2,1H3,(H,27,34)(H,28,29,33,35). The van der Waals surface area contributed by atoms with Crippen molar-refractivity contribution in [2.45, 2.75) is 50.6 Å². The maximum Gasteiger partial charge on any atom is 0.345 e. The summed E-state index contributed by atoms with van der Waals surface area (Å²) in [6.07, 6.45) is 4.51. The number of rotatable bonds is 9. The van der Waals surface area contributed by atoms with Gasteiger partial charge in [0, 0.05) is 36.8 Å². The van der Waals surface area contributed by atoms with Crippen LogP contribution in [0, 0.1) is 0 Å². The summed E-state index contributed by atoms with van der Waals surface area (Å²) < 4.78 is 0. The Labute approximate surface area is 205 Å². The summed E-state index contributed by atoms with van der Waals surface area (Å²) in [6, 6.07) is 6.22. The first-order valence-electron chi connectivity index (χ1n) is 12.1. The predicted molar refractivity (Wildman–Crippen MR) is 134 cm³/mol. The number of aliphatic hydroxyl groups excluding tert-OH is 1. The average Bonchev–Trinajstić information content (AvgIpc) is 2.84. The van der Waals surface area contributed by atoms with Gasteiger partial charge in [-0.1, -0.05) is 0 Å². The molecule has 1 fully saturated rings. The van der Waals surface area contributed by atoms with E-state index in [1.54, 1.807) is 29.2 Å². The van der Waals surface area contributed by atoms with Gasteiger partial charge in [-0.05, 0) is 76.5 Å². The van der Waals surface area contributed by atoms with Crippen molar-refractivity contribution in [3.8, 4) is 0 Å². The maximum atomic E-state index is 12.6. The highest BCUT2D eigenvalue weighted by Gasteiger charge is 2.27. The fraction of sp³-hybridized carbons (Fsp3) is 0.583. The van der Waals surface area contributed by atoms with E-state index in [0.29, 0.717) is 42.6 Å². The van der Waals surface area contributed by atoms with Gasteiger partial charge in [-0.25, -0.2) is 4.79 Å². The molecule has 35 heavy (non-hydrogen) atoms. The van der Waals surface area contributed by atoms with Crippen LogP contribution in [0.4, 0.5) is 10.5 Å². The third kappa shape index (κ3) is 7.82. The summed E-state index contributed by atoms with van der Waals surface area (Å²) in [6.45, 7) is 5.22. The van der Waals surface area contributed by atoms with Crippen LogP contribution in [0.15, 0.2) is 29.3 Å². The van der Waals surface area contributed by atoms with E-state index < -0.39 is 18.1 Å². The van der Waals surface area contributed by atoms with Gasteiger partial charge in [0.2, 0.25) is 5.91 Å². The van der Waals surface area contributed by atoms with E-state index in [1.807, 2.05) is 0 Å². The molecule has 1 aromatic carbocycles. The highest BCUT2D eigenvalue weighted by atomic mass is 16.3. The molecule has 0 radical (unpaired) electrons. The highest BCUT2D eigenvalue weighted by molar-refractivity contribution is 6.09. The van der Waals surface area contributed by atoms with Crippen molar-refractivity contribution in [1.82, 2.24) is 15.1 Å². The minimum absolute atomic E-state index is 0.331. The number of aliphatic hydroxyl groups is 1. The van der Waals surface area contributed by atoms with E-state index in [9.17, 15) is 19.5 Å². The van der Waals surface area contributed by atoms with E-state index in [-0.39, 0.29) is 11.9 Å². The van der Waals surface area contributed by atoms with Crippen molar-refractivity contribution < 1.29 is 19.5 Å². The summed E-state index contributed by atoms with van der Waals surface area (Å²) in [5, 5.41) is 14.5. The van der Waals surface area contributed by atoms with E-state index >= 15 is 0 Å². The first-order chi connectivity index (χ1) is 16.7. The maximum absolute atomic E-state index is 12.6. The number of piperidine rings is 1. The van der Waals surface area contributed by atoms with Crippen LogP contribution < -0.4 is 22.1 Å². The normalized spacial score (nSPS) is 19.1. The van der Waals surface area contributed by atoms with Crippen LogP contribution in [0.3, 0.4) is 0 Å². The van der Waals surface area contributed by atoms with Gasteiger partial charge in [0.05, 0.1) is 6.61 Å². The summed E-state index contributed by atoms with van der Waals surface area (Å²) in [4.78, 5) is 45.2. The molecule has 2 heterocycles. The molecule has 1 saturated heterocycles. The molecule has 0 spiro atoms. The van der Waals surface area contributed by atoms with Gasteiger partial charge in [0.1, 0.15) is 11.4 Å². The third-order valence-corrected chi connectivity index (χ3v) is 6.41. The lowest BCUT2D eigenvalue weighted by molar-refractivity contribution is -0.121. The number of hydrogen-bond acceptors (Lipinski definition) is 7. The fourth-order valence-corrected chi connectivity index (χ4v) is 3.94. The Kier molecular flexibility index (Phi) is 9.33. The largest absolute Gasteiger partial charge is 0.394 e. The van der Waals surface area contributed by atoms with Gasteiger partial charge < -0.3 is 37.0 Å². The number of carbonyl (C=O) groups excluding carboxylic acids is 3. The molecule has 192 valence electrons. The van der Waals surface area contributed by atoms with Crippen LogP contribution >= 0.6 is 0 Å². The Bertz CT molecular complexity index is 924. The summed E-state index contributed by atoms with van der Waals surface area (Å²) in [7, 11) is 0. The lowest BCUT2D eigenvalue weighted by atomic mass is 10.0. The quantitative estimate of drug-likeness (QED) is 0.316. The molecule has 0 saturated carbocycles. The SMILES string of the molecule is CC(N)(CO)C(=O)Nc1ccc(C(=O)NC2=NC(=O)N(CCCCN3CCC(N)CC3)CC2)cc1. The number of unbranched alkanes of at least 4 members (excludes halogenated alkanes) is 1. The first kappa shape index (κ1) is 26.7. The second kappa shape index (κ2) is 12.2. The van der Waals surface area contributed by atoms with Crippen molar-refractivity contribution in [1.29, 1.82) is 0 Å². The third-order valence-electron chi connectivity index (χ3n) is 6.41. The van der Waals surface area contributed by atoms with Crippen LogP contribution in [0.2, 0.25) is 0 Å². The molecule has 2 aliphatic rings. The zero-order chi connectivity index (χ0) is 25.4. The number of urea groups is 1. The predicted octanol–water partition coefficient (Wildman–Crippen LogP) is 0.492. The van der Waals surface area contributed by atoms with E-state index in [4.69, 9.17) is 11.5 Å². The minimum Gasteiger partial charge on any atom is -0.394 e. The Morgan fingerprint density at radius 3 is 2.40 bits per heavy atom. The molecular weight excluding hydrogens is 450 g/mol. The van der Waals surface area contributed by atoms with Crippen molar-refractivity contribution in [2.75, 3.05) is 44.6 Å². The van der Waals surface area contributed by atoms with E-state index in [0.717, 1.165) is 45.3 Å². The molecule has 2 aliphatic heterocycles. The van der Waals surface area contributed by atoms with Gasteiger partial charge in [0.15, 0.2) is 0 Å². The number of carbonyl (C=O) groups is 3. The molecule has 0 aliphatic carbocycles. The topological polar surface area (TPSA) is 166 Å². The number of likely N-dealkylation sites (tertiary alicyclic amines) is 1. The number of amidine groups is 1. The van der Waals surface area contributed by atoms with Crippen molar-refractivity contribution in [3.63, 3.8) is 0 Å². The molecule has 1 aromatic rings. The number of benzene rings is 1. The van der Waals surface area contributed by atoms with Crippen molar-refractivity contribution >= 4 is 29.4 Å². The monoisotopic (exact) mass is 487 g/mol. The zero-order valence-corrected chi connectivity index (χ0v) is 20.3. The second-order valence-corrected chi connectivity index (χ2v) is 9.53. The fourth-order valence-electron chi connectivity index (χ4n) is 3.94. The minimum atomic E-state index is -1.41. The Morgan fingerprint density at radius 2 is 1.77 bits per heavy atom. The number of hydrogen-bond donors (Lipinski definition) is 5. The van der Waals surface area contributed by atoms with Gasteiger partial charge in [-0.3, -0.25) is 9.59 Å².